The number of fused-ring (bicyclic) bond motifs is 1. The first-order chi connectivity index (χ1) is 11.2. The van der Waals surface area contributed by atoms with E-state index in [1.807, 2.05) is 18.2 Å². The summed E-state index contributed by atoms with van der Waals surface area (Å²) in [6.45, 7) is 0. The van der Waals surface area contributed by atoms with Gasteiger partial charge in [-0.1, -0.05) is 48.5 Å². The van der Waals surface area contributed by atoms with E-state index in [1.54, 1.807) is 0 Å². The topological polar surface area (TPSA) is 37.4 Å². The fourth-order valence-corrected chi connectivity index (χ4v) is 3.56. The van der Waals surface area contributed by atoms with E-state index in [1.165, 1.54) is 33.7 Å². The highest BCUT2D eigenvalue weighted by atomic mass is 16.2. The lowest BCUT2D eigenvalue weighted by Crippen LogP contribution is -2.33. The lowest BCUT2D eigenvalue weighted by Gasteiger charge is -2.23. The van der Waals surface area contributed by atoms with E-state index >= 15 is 0 Å². The second kappa shape index (κ2) is 5.51. The van der Waals surface area contributed by atoms with Gasteiger partial charge in [-0.25, -0.2) is 0 Å². The van der Waals surface area contributed by atoms with Crippen LogP contribution in [0.15, 0.2) is 60.7 Å². The minimum Gasteiger partial charge on any atom is -0.269 e. The lowest BCUT2D eigenvalue weighted by molar-refractivity contribution is -0.139. The molecule has 0 radical (unpaired) electrons. The number of carbonyl (C=O) groups is 2. The molecule has 0 bridgehead atoms. The van der Waals surface area contributed by atoms with Gasteiger partial charge in [-0.05, 0) is 41.5 Å². The molecular weight excluding hydrogens is 286 g/mol. The number of nitrogens with zero attached hydrogens (tertiary/aromatic N) is 1. The third kappa shape index (κ3) is 2.48. The van der Waals surface area contributed by atoms with E-state index < -0.39 is 0 Å². The zero-order chi connectivity index (χ0) is 15.8. The maximum atomic E-state index is 12.0. The number of rotatable bonds is 3. The first-order valence-corrected chi connectivity index (χ1v) is 7.93. The van der Waals surface area contributed by atoms with Crippen molar-refractivity contribution in [2.75, 3.05) is 0 Å². The molecule has 0 unspecified atom stereocenters. The Kier molecular flexibility index (Phi) is 3.34. The molecule has 4 rings (SSSR count). The van der Waals surface area contributed by atoms with Crippen molar-refractivity contribution in [1.29, 1.82) is 0 Å². The molecule has 2 aromatic carbocycles. The summed E-state index contributed by atoms with van der Waals surface area (Å²) in [5, 5.41) is 0. The van der Waals surface area contributed by atoms with E-state index in [0.717, 1.165) is 24.8 Å². The van der Waals surface area contributed by atoms with Crippen molar-refractivity contribution in [3.8, 4) is 0 Å². The van der Waals surface area contributed by atoms with Crippen LogP contribution in [0, 0.1) is 0 Å². The molecule has 0 spiro atoms. The van der Waals surface area contributed by atoms with Crippen molar-refractivity contribution in [1.82, 2.24) is 4.90 Å². The highest BCUT2D eigenvalue weighted by Gasteiger charge is 2.36. The summed E-state index contributed by atoms with van der Waals surface area (Å²) in [5.41, 5.74) is 4.86. The van der Waals surface area contributed by atoms with Crippen LogP contribution >= 0.6 is 0 Å². The van der Waals surface area contributed by atoms with Gasteiger partial charge in [0.25, 0.3) is 11.8 Å². The van der Waals surface area contributed by atoms with E-state index in [9.17, 15) is 9.59 Å². The molecule has 23 heavy (non-hydrogen) atoms. The molecule has 2 aromatic rings. The largest absolute Gasteiger partial charge is 0.269 e. The van der Waals surface area contributed by atoms with Crippen LogP contribution in [0.5, 0.6) is 0 Å². The second-order valence-corrected chi connectivity index (χ2v) is 6.13. The SMILES string of the molecule is O=C1C=CC(=O)N1[C@H]1CCc2ccc(Cc3ccccc3)cc21. The molecular formula is C20H17NO2. The smallest absolute Gasteiger partial charge is 0.254 e. The molecule has 3 heteroatoms. The first-order valence-electron chi connectivity index (χ1n) is 7.93. The Bertz CT molecular complexity index is 790. The second-order valence-electron chi connectivity index (χ2n) is 6.13. The van der Waals surface area contributed by atoms with Crippen LogP contribution in [-0.2, 0) is 22.4 Å². The Morgan fingerprint density at radius 2 is 1.65 bits per heavy atom. The van der Waals surface area contributed by atoms with Crippen LogP contribution in [0.25, 0.3) is 0 Å². The Balaban J connectivity index is 1.64. The molecule has 1 heterocycles. The number of benzene rings is 2. The highest BCUT2D eigenvalue weighted by molar-refractivity contribution is 6.13. The quantitative estimate of drug-likeness (QED) is 0.817. The Hall–Kier alpha value is -2.68. The summed E-state index contributed by atoms with van der Waals surface area (Å²) in [5.74, 6) is -0.386. The van der Waals surface area contributed by atoms with E-state index in [4.69, 9.17) is 0 Å². The van der Waals surface area contributed by atoms with Crippen molar-refractivity contribution < 1.29 is 9.59 Å². The Labute approximate surface area is 135 Å². The van der Waals surface area contributed by atoms with Crippen molar-refractivity contribution in [2.45, 2.75) is 25.3 Å². The van der Waals surface area contributed by atoms with Gasteiger partial charge < -0.3 is 0 Å². The number of aryl methyl sites for hydroxylation is 1. The van der Waals surface area contributed by atoms with Crippen molar-refractivity contribution in [2.24, 2.45) is 0 Å². The van der Waals surface area contributed by atoms with E-state index in [0.29, 0.717) is 0 Å². The standard InChI is InChI=1S/C20H17NO2/c22-19-10-11-20(23)21(19)18-9-8-16-7-6-15(13-17(16)18)12-14-4-2-1-3-5-14/h1-7,10-11,13,18H,8-9,12H2/t18-/m0/s1. The van der Waals surface area contributed by atoms with Gasteiger partial charge in [0.05, 0.1) is 6.04 Å². The molecule has 0 saturated heterocycles. The summed E-state index contributed by atoms with van der Waals surface area (Å²) < 4.78 is 0. The molecule has 3 nitrogen and oxygen atoms in total. The van der Waals surface area contributed by atoms with Gasteiger partial charge in [0, 0.05) is 12.2 Å². The number of hydrogen-bond donors (Lipinski definition) is 0. The average Bonchev–Trinajstić information content (AvgIpc) is 3.11. The molecule has 1 aliphatic carbocycles. The summed E-state index contributed by atoms with van der Waals surface area (Å²) in [6.07, 6.45) is 5.34. The predicted octanol–water partition coefficient (Wildman–Crippen LogP) is 3.19. The molecule has 2 amide bonds. The van der Waals surface area contributed by atoms with Crippen LogP contribution in [0.3, 0.4) is 0 Å². The van der Waals surface area contributed by atoms with Crippen molar-refractivity contribution in [3.05, 3.63) is 82.9 Å². The zero-order valence-electron chi connectivity index (χ0n) is 12.7. The summed E-state index contributed by atoms with van der Waals surface area (Å²) >= 11 is 0. The Morgan fingerprint density at radius 3 is 2.39 bits per heavy atom. The zero-order valence-corrected chi connectivity index (χ0v) is 12.7. The van der Waals surface area contributed by atoms with Gasteiger partial charge in [0.1, 0.15) is 0 Å². The minimum atomic E-state index is -0.193. The molecule has 114 valence electrons. The summed E-state index contributed by atoms with van der Waals surface area (Å²) in [4.78, 5) is 25.4. The molecule has 1 atom stereocenters. The van der Waals surface area contributed by atoms with Gasteiger partial charge in [0.2, 0.25) is 0 Å². The van der Waals surface area contributed by atoms with Gasteiger partial charge in [0.15, 0.2) is 0 Å². The fourth-order valence-electron chi connectivity index (χ4n) is 3.56. The molecule has 1 aliphatic heterocycles. The maximum absolute atomic E-state index is 12.0. The highest BCUT2D eigenvalue weighted by Crippen LogP contribution is 2.38. The fraction of sp³-hybridized carbons (Fsp3) is 0.200. The minimum absolute atomic E-state index is 0.115. The van der Waals surface area contributed by atoms with Gasteiger partial charge in [-0.15, -0.1) is 0 Å². The number of hydrogen-bond acceptors (Lipinski definition) is 2. The predicted molar refractivity (Wildman–Crippen MR) is 87.7 cm³/mol. The molecule has 0 N–H and O–H groups in total. The monoisotopic (exact) mass is 303 g/mol. The lowest BCUT2D eigenvalue weighted by atomic mass is 9.99. The average molecular weight is 303 g/mol. The van der Waals surface area contributed by atoms with E-state index in [2.05, 4.69) is 30.3 Å². The van der Waals surface area contributed by atoms with Gasteiger partial charge >= 0.3 is 0 Å². The van der Waals surface area contributed by atoms with Crippen LogP contribution in [-0.4, -0.2) is 16.7 Å². The third-order valence-electron chi connectivity index (χ3n) is 4.66. The Morgan fingerprint density at radius 1 is 0.913 bits per heavy atom. The molecule has 0 saturated carbocycles. The van der Waals surface area contributed by atoms with Gasteiger partial charge in [-0.3, -0.25) is 14.5 Å². The van der Waals surface area contributed by atoms with Crippen LogP contribution in [0.1, 0.15) is 34.7 Å². The molecule has 0 fully saturated rings. The number of amides is 2. The molecule has 0 aromatic heterocycles. The van der Waals surface area contributed by atoms with Crippen LogP contribution in [0.4, 0.5) is 0 Å². The maximum Gasteiger partial charge on any atom is 0.254 e. The van der Waals surface area contributed by atoms with Crippen molar-refractivity contribution >= 4 is 11.8 Å². The van der Waals surface area contributed by atoms with Crippen LogP contribution in [0.2, 0.25) is 0 Å². The normalized spacial score (nSPS) is 19.5. The van der Waals surface area contributed by atoms with Gasteiger partial charge in [-0.2, -0.15) is 0 Å². The first kappa shape index (κ1) is 13.9. The van der Waals surface area contributed by atoms with E-state index in [-0.39, 0.29) is 17.9 Å². The van der Waals surface area contributed by atoms with Crippen molar-refractivity contribution in [3.63, 3.8) is 0 Å². The number of imide groups is 1. The summed E-state index contributed by atoms with van der Waals surface area (Å²) in [7, 11) is 0. The summed E-state index contributed by atoms with van der Waals surface area (Å²) in [6, 6.07) is 16.7. The number of carbonyl (C=O) groups excluding carboxylic acids is 2. The van der Waals surface area contributed by atoms with Crippen LogP contribution < -0.4 is 0 Å². The third-order valence-corrected chi connectivity index (χ3v) is 4.66. The molecule has 2 aliphatic rings.